The third-order valence-corrected chi connectivity index (χ3v) is 4.47. The van der Waals surface area contributed by atoms with Crippen molar-refractivity contribution in [1.29, 1.82) is 0 Å². The minimum Gasteiger partial charge on any atom is -0.497 e. The molecule has 0 amide bonds. The van der Waals surface area contributed by atoms with Crippen LogP contribution in [0.1, 0.15) is 11.1 Å². The first-order chi connectivity index (χ1) is 12.0. The van der Waals surface area contributed by atoms with Gasteiger partial charge in [0.25, 0.3) is 0 Å². The number of methoxy groups -OCH3 is 1. The van der Waals surface area contributed by atoms with Crippen molar-refractivity contribution in [2.24, 2.45) is 0 Å². The second-order valence-electron chi connectivity index (χ2n) is 6.16. The zero-order chi connectivity index (χ0) is 18.0. The van der Waals surface area contributed by atoms with Gasteiger partial charge in [0.15, 0.2) is 5.60 Å². The van der Waals surface area contributed by atoms with Crippen LogP contribution in [-0.4, -0.2) is 26.3 Å². The molecule has 3 heteroatoms. The van der Waals surface area contributed by atoms with E-state index in [1.54, 1.807) is 31.4 Å². The second-order valence-corrected chi connectivity index (χ2v) is 6.16. The Morgan fingerprint density at radius 3 is 2.28 bits per heavy atom. The second kappa shape index (κ2) is 6.51. The molecule has 0 heterocycles. The summed E-state index contributed by atoms with van der Waals surface area (Å²) in [6.45, 7) is 0. The lowest BCUT2D eigenvalue weighted by Crippen LogP contribution is -2.28. The number of fused-ring (bicyclic) bond motifs is 1. The van der Waals surface area contributed by atoms with Gasteiger partial charge in [0.05, 0.1) is 7.11 Å². The fraction of sp³-hybridized carbons (Fsp3) is 0.182. The van der Waals surface area contributed by atoms with Gasteiger partial charge in [0.1, 0.15) is 5.75 Å². The molecule has 0 radical (unpaired) electrons. The molecule has 0 fully saturated rings. The van der Waals surface area contributed by atoms with Crippen molar-refractivity contribution in [1.82, 2.24) is 0 Å². The molecule has 126 valence electrons. The molecule has 1 unspecified atom stereocenters. The van der Waals surface area contributed by atoms with Gasteiger partial charge in [-0.15, -0.1) is 6.42 Å². The summed E-state index contributed by atoms with van der Waals surface area (Å²) in [6, 6.07) is 19.2. The summed E-state index contributed by atoms with van der Waals surface area (Å²) in [6.07, 6.45) is 5.85. The number of ether oxygens (including phenoxy) is 1. The minimum atomic E-state index is -1.55. The molecule has 0 saturated carbocycles. The monoisotopic (exact) mass is 331 g/mol. The largest absolute Gasteiger partial charge is 0.497 e. The summed E-state index contributed by atoms with van der Waals surface area (Å²) in [4.78, 5) is 1.97. The molecule has 3 aromatic carbocycles. The zero-order valence-electron chi connectivity index (χ0n) is 14.7. The lowest BCUT2D eigenvalue weighted by Gasteiger charge is -2.30. The molecule has 0 aromatic heterocycles. The summed E-state index contributed by atoms with van der Waals surface area (Å²) in [5.74, 6) is 3.34. The molecule has 3 aromatic rings. The first-order valence-electron chi connectivity index (χ1n) is 8.05. The fourth-order valence-corrected chi connectivity index (χ4v) is 3.15. The number of hydrogen-bond donors (Lipinski definition) is 1. The van der Waals surface area contributed by atoms with Gasteiger partial charge in [-0.1, -0.05) is 48.4 Å². The molecular formula is C22H21NO2. The van der Waals surface area contributed by atoms with Crippen LogP contribution in [0.5, 0.6) is 5.75 Å². The lowest BCUT2D eigenvalue weighted by molar-refractivity contribution is 0.147. The molecule has 1 atom stereocenters. The third kappa shape index (κ3) is 2.82. The summed E-state index contributed by atoms with van der Waals surface area (Å²) in [5.41, 5.74) is 0.681. The number of benzene rings is 3. The Morgan fingerprint density at radius 2 is 1.68 bits per heavy atom. The number of terminal acetylenes is 1. The van der Waals surface area contributed by atoms with Crippen LogP contribution in [0.15, 0.2) is 60.7 Å². The summed E-state index contributed by atoms with van der Waals surface area (Å²) in [5, 5.41) is 13.5. The Bertz CT molecular complexity index is 938. The molecule has 0 aliphatic heterocycles. The fourth-order valence-electron chi connectivity index (χ4n) is 3.15. The Morgan fingerprint density at radius 1 is 1.00 bits per heavy atom. The van der Waals surface area contributed by atoms with Crippen molar-refractivity contribution in [2.45, 2.75) is 5.60 Å². The average Bonchev–Trinajstić information content (AvgIpc) is 2.66. The predicted octanol–water partition coefficient (Wildman–Crippen LogP) is 3.78. The Hall–Kier alpha value is -2.96. The molecule has 0 bridgehead atoms. The molecule has 3 nitrogen and oxygen atoms in total. The Balaban J connectivity index is 2.33. The van der Waals surface area contributed by atoms with Crippen LogP contribution >= 0.6 is 0 Å². The van der Waals surface area contributed by atoms with Gasteiger partial charge in [-0.3, -0.25) is 0 Å². The first-order valence-corrected chi connectivity index (χ1v) is 8.05. The topological polar surface area (TPSA) is 32.7 Å². The summed E-state index contributed by atoms with van der Waals surface area (Å²) >= 11 is 0. The van der Waals surface area contributed by atoms with E-state index in [0.29, 0.717) is 16.9 Å². The van der Waals surface area contributed by atoms with Crippen LogP contribution in [0.25, 0.3) is 10.8 Å². The maximum atomic E-state index is 11.6. The van der Waals surface area contributed by atoms with Gasteiger partial charge in [-0.25, -0.2) is 0 Å². The highest BCUT2D eigenvalue weighted by Gasteiger charge is 2.34. The minimum absolute atomic E-state index is 0.634. The van der Waals surface area contributed by atoms with Crippen molar-refractivity contribution in [3.8, 4) is 18.1 Å². The van der Waals surface area contributed by atoms with Crippen molar-refractivity contribution in [2.75, 3.05) is 26.1 Å². The summed E-state index contributed by atoms with van der Waals surface area (Å²) in [7, 11) is 5.49. The zero-order valence-corrected chi connectivity index (χ0v) is 14.7. The van der Waals surface area contributed by atoms with E-state index in [9.17, 15) is 5.11 Å². The van der Waals surface area contributed by atoms with Crippen LogP contribution in [-0.2, 0) is 5.60 Å². The number of rotatable bonds is 4. The molecule has 25 heavy (non-hydrogen) atoms. The van der Waals surface area contributed by atoms with E-state index < -0.39 is 5.60 Å². The molecule has 0 aliphatic carbocycles. The van der Waals surface area contributed by atoms with E-state index in [2.05, 4.69) is 5.92 Å². The van der Waals surface area contributed by atoms with Crippen molar-refractivity contribution in [3.05, 3.63) is 71.8 Å². The normalized spacial score (nSPS) is 13.1. The number of aliphatic hydroxyl groups is 1. The quantitative estimate of drug-likeness (QED) is 0.739. The van der Waals surface area contributed by atoms with E-state index >= 15 is 0 Å². The van der Waals surface area contributed by atoms with Crippen molar-refractivity contribution in [3.63, 3.8) is 0 Å². The van der Waals surface area contributed by atoms with Gasteiger partial charge in [0.2, 0.25) is 0 Å². The van der Waals surface area contributed by atoms with E-state index in [4.69, 9.17) is 11.2 Å². The molecule has 0 saturated heterocycles. The third-order valence-electron chi connectivity index (χ3n) is 4.47. The van der Waals surface area contributed by atoms with Crippen molar-refractivity contribution >= 4 is 16.5 Å². The smallest absolute Gasteiger partial charge is 0.179 e. The van der Waals surface area contributed by atoms with Gasteiger partial charge in [-0.05, 0) is 29.0 Å². The van der Waals surface area contributed by atoms with Crippen LogP contribution in [0.4, 0.5) is 5.69 Å². The molecule has 1 N–H and O–H groups in total. The average molecular weight is 331 g/mol. The maximum absolute atomic E-state index is 11.6. The number of hydrogen-bond acceptors (Lipinski definition) is 3. The van der Waals surface area contributed by atoms with Crippen LogP contribution < -0.4 is 9.64 Å². The molecule has 0 aliphatic rings. The van der Waals surface area contributed by atoms with E-state index in [1.807, 2.05) is 55.4 Å². The van der Waals surface area contributed by atoms with Gasteiger partial charge in [-0.2, -0.15) is 0 Å². The molecule has 0 spiro atoms. The number of nitrogens with zero attached hydrogens (tertiary/aromatic N) is 1. The van der Waals surface area contributed by atoms with Gasteiger partial charge < -0.3 is 14.7 Å². The van der Waals surface area contributed by atoms with E-state index in [1.165, 1.54) is 0 Å². The van der Waals surface area contributed by atoms with Gasteiger partial charge in [0, 0.05) is 30.9 Å². The highest BCUT2D eigenvalue weighted by Crippen LogP contribution is 2.40. The van der Waals surface area contributed by atoms with E-state index in [-0.39, 0.29) is 0 Å². The maximum Gasteiger partial charge on any atom is 0.179 e. The first kappa shape index (κ1) is 16.9. The highest BCUT2D eigenvalue weighted by molar-refractivity contribution is 5.92. The van der Waals surface area contributed by atoms with Crippen LogP contribution in [0.3, 0.4) is 0 Å². The van der Waals surface area contributed by atoms with Crippen LogP contribution in [0, 0.1) is 12.3 Å². The lowest BCUT2D eigenvalue weighted by atomic mass is 9.82. The van der Waals surface area contributed by atoms with Crippen LogP contribution in [0.2, 0.25) is 0 Å². The summed E-state index contributed by atoms with van der Waals surface area (Å²) < 4.78 is 5.21. The standard InChI is InChI=1S/C22H21NO2/c1-5-22(24,17-11-13-18(25-4)14-12-17)21-19-9-7-6-8-16(19)10-15-20(21)23(2)3/h1,6-15,24H,2-4H3. The van der Waals surface area contributed by atoms with Gasteiger partial charge >= 0.3 is 0 Å². The predicted molar refractivity (Wildman–Crippen MR) is 103 cm³/mol. The highest BCUT2D eigenvalue weighted by atomic mass is 16.5. The molecule has 3 rings (SSSR count). The van der Waals surface area contributed by atoms with Crippen molar-refractivity contribution < 1.29 is 9.84 Å². The number of anilines is 1. The SMILES string of the molecule is C#CC(O)(c1ccc(OC)cc1)c1c(N(C)C)ccc2ccccc12. The van der Waals surface area contributed by atoms with E-state index in [0.717, 1.165) is 16.5 Å². The Kier molecular flexibility index (Phi) is 4.39. The molecular weight excluding hydrogens is 310 g/mol. The Labute approximate surface area is 148 Å².